The maximum absolute atomic E-state index is 12.0. The lowest BCUT2D eigenvalue weighted by Crippen LogP contribution is -2.46. The van der Waals surface area contributed by atoms with E-state index in [0.717, 1.165) is 6.08 Å². The first-order valence-electron chi connectivity index (χ1n) is 4.83. The molecule has 0 saturated carbocycles. The highest BCUT2D eigenvalue weighted by atomic mass is 35.5. The first-order valence-corrected chi connectivity index (χ1v) is 7.20. The van der Waals surface area contributed by atoms with E-state index >= 15 is 0 Å². The van der Waals surface area contributed by atoms with Crippen LogP contribution in [0.25, 0.3) is 0 Å². The van der Waals surface area contributed by atoms with Crippen molar-refractivity contribution in [2.45, 2.75) is 22.8 Å². The van der Waals surface area contributed by atoms with Crippen LogP contribution in [-0.2, 0) is 19.6 Å². The van der Waals surface area contributed by atoms with Crippen LogP contribution in [0.5, 0.6) is 0 Å². The summed E-state index contributed by atoms with van der Waals surface area (Å²) in [5, 5.41) is 4.98. The van der Waals surface area contributed by atoms with Crippen molar-refractivity contribution < 1.29 is 18.0 Å². The lowest BCUT2D eigenvalue weighted by molar-refractivity contribution is -0.118. The molecule has 0 aromatic carbocycles. The van der Waals surface area contributed by atoms with E-state index in [-0.39, 0.29) is 5.57 Å². The predicted octanol–water partition coefficient (Wildman–Crippen LogP) is 0.553. The predicted molar refractivity (Wildman–Crippen MR) is 72.0 cm³/mol. The SMILES string of the molecule is CC(C)(C(=O)C1=CC(=O)C(S)(Cl)C=C1)S(N)(=O)=O. The van der Waals surface area contributed by atoms with Crippen LogP contribution in [0.4, 0.5) is 0 Å². The maximum atomic E-state index is 12.0. The van der Waals surface area contributed by atoms with E-state index in [1.165, 1.54) is 26.0 Å². The Bertz CT molecular complexity index is 573. The average molecular weight is 310 g/mol. The molecule has 1 atom stereocenters. The van der Waals surface area contributed by atoms with Gasteiger partial charge in [0.25, 0.3) is 0 Å². The van der Waals surface area contributed by atoms with Gasteiger partial charge in [0.05, 0.1) is 0 Å². The molecule has 0 aromatic heterocycles. The fraction of sp³-hybridized carbons (Fsp3) is 0.400. The van der Waals surface area contributed by atoms with E-state index in [1.54, 1.807) is 0 Å². The van der Waals surface area contributed by atoms with Gasteiger partial charge in [-0.05, 0) is 26.0 Å². The van der Waals surface area contributed by atoms with Crippen LogP contribution in [0.2, 0.25) is 0 Å². The molecule has 0 spiro atoms. The van der Waals surface area contributed by atoms with Crippen molar-refractivity contribution in [2.75, 3.05) is 0 Å². The van der Waals surface area contributed by atoms with Gasteiger partial charge in [-0.1, -0.05) is 17.7 Å². The van der Waals surface area contributed by atoms with Gasteiger partial charge in [0.2, 0.25) is 10.0 Å². The molecular weight excluding hydrogens is 298 g/mol. The van der Waals surface area contributed by atoms with Crippen molar-refractivity contribution in [3.63, 3.8) is 0 Å². The highest BCUT2D eigenvalue weighted by Gasteiger charge is 2.42. The van der Waals surface area contributed by atoms with Crippen molar-refractivity contribution >= 4 is 45.8 Å². The summed E-state index contributed by atoms with van der Waals surface area (Å²) in [7, 11) is -4.08. The Morgan fingerprint density at radius 3 is 2.39 bits per heavy atom. The highest BCUT2D eigenvalue weighted by Crippen LogP contribution is 2.30. The summed E-state index contributed by atoms with van der Waals surface area (Å²) in [6.45, 7) is 2.35. The molecule has 2 N–H and O–H groups in total. The van der Waals surface area contributed by atoms with Crippen LogP contribution in [0.3, 0.4) is 0 Å². The van der Waals surface area contributed by atoms with Crippen molar-refractivity contribution in [2.24, 2.45) is 5.14 Å². The number of thiol groups is 1. The van der Waals surface area contributed by atoms with Crippen molar-refractivity contribution in [3.8, 4) is 0 Å². The number of carbonyl (C=O) groups is 2. The highest BCUT2D eigenvalue weighted by molar-refractivity contribution is 7.91. The van der Waals surface area contributed by atoms with Gasteiger partial charge in [0.1, 0.15) is 4.75 Å². The second-order valence-corrected chi connectivity index (χ2v) is 8.03. The van der Waals surface area contributed by atoms with Crippen molar-refractivity contribution in [3.05, 3.63) is 23.8 Å². The van der Waals surface area contributed by atoms with E-state index in [2.05, 4.69) is 12.6 Å². The number of allylic oxidation sites excluding steroid dienone is 3. The number of carbonyl (C=O) groups excluding carboxylic acids is 2. The van der Waals surface area contributed by atoms with E-state index in [9.17, 15) is 18.0 Å². The molecule has 5 nitrogen and oxygen atoms in total. The molecule has 0 heterocycles. The van der Waals surface area contributed by atoms with Crippen molar-refractivity contribution in [1.82, 2.24) is 0 Å². The summed E-state index contributed by atoms with van der Waals surface area (Å²) in [6.07, 6.45) is 3.44. The lowest BCUT2D eigenvalue weighted by atomic mass is 9.95. The molecule has 1 unspecified atom stereocenters. The third-order valence-electron chi connectivity index (χ3n) is 2.64. The summed E-state index contributed by atoms with van der Waals surface area (Å²) < 4.78 is 19.3. The Morgan fingerprint density at radius 1 is 1.50 bits per heavy atom. The molecule has 100 valence electrons. The zero-order valence-corrected chi connectivity index (χ0v) is 12.1. The molecular formula is C10H12ClNO4S2. The zero-order valence-electron chi connectivity index (χ0n) is 9.68. The van der Waals surface area contributed by atoms with Gasteiger partial charge in [0.15, 0.2) is 15.8 Å². The summed E-state index contributed by atoms with van der Waals surface area (Å²) >= 11 is 9.61. The first kappa shape index (κ1) is 15.4. The van der Waals surface area contributed by atoms with Crippen LogP contribution in [-0.4, -0.2) is 28.9 Å². The van der Waals surface area contributed by atoms with Crippen LogP contribution in [0.15, 0.2) is 23.8 Å². The van der Waals surface area contributed by atoms with E-state index in [4.69, 9.17) is 16.7 Å². The van der Waals surface area contributed by atoms with Crippen LogP contribution in [0, 0.1) is 0 Å². The molecule has 1 aliphatic rings. The second kappa shape index (κ2) is 4.48. The molecule has 0 saturated heterocycles. The quantitative estimate of drug-likeness (QED) is 0.588. The summed E-state index contributed by atoms with van der Waals surface area (Å²) in [6, 6.07) is 0. The molecule has 0 aromatic rings. The minimum atomic E-state index is -4.08. The van der Waals surface area contributed by atoms with E-state index in [1.807, 2.05) is 0 Å². The Balaban J connectivity index is 3.18. The number of Topliss-reactive ketones (excluding diaryl/α,β-unsaturated/α-hetero) is 1. The molecule has 1 rings (SSSR count). The molecule has 0 radical (unpaired) electrons. The zero-order chi connectivity index (χ0) is 14.4. The number of nitrogens with two attached hydrogens (primary N) is 1. The Kier molecular flexibility index (Phi) is 3.84. The Morgan fingerprint density at radius 2 is 2.00 bits per heavy atom. The monoisotopic (exact) mass is 309 g/mol. The molecule has 8 heteroatoms. The normalized spacial score (nSPS) is 24.9. The molecule has 1 aliphatic carbocycles. The van der Waals surface area contributed by atoms with E-state index < -0.39 is 30.5 Å². The molecule has 0 amide bonds. The minimum Gasteiger partial charge on any atom is -0.292 e. The Labute approximate surface area is 116 Å². The maximum Gasteiger partial charge on any atom is 0.221 e. The Hall–Kier alpha value is -0.630. The van der Waals surface area contributed by atoms with Gasteiger partial charge in [-0.25, -0.2) is 13.6 Å². The summed E-state index contributed by atoms with van der Waals surface area (Å²) in [5.41, 5.74) is -0.0654. The number of sulfonamides is 1. The molecule has 18 heavy (non-hydrogen) atoms. The topological polar surface area (TPSA) is 94.3 Å². The third kappa shape index (κ3) is 2.69. The van der Waals surface area contributed by atoms with Gasteiger partial charge in [-0.2, -0.15) is 0 Å². The lowest BCUT2D eigenvalue weighted by Gasteiger charge is -2.23. The molecule has 0 bridgehead atoms. The summed E-state index contributed by atoms with van der Waals surface area (Å²) in [5.74, 6) is -1.38. The minimum absolute atomic E-state index is 0.0654. The smallest absolute Gasteiger partial charge is 0.221 e. The van der Waals surface area contributed by atoms with Crippen LogP contribution < -0.4 is 5.14 Å². The fourth-order valence-electron chi connectivity index (χ4n) is 1.19. The largest absolute Gasteiger partial charge is 0.292 e. The second-order valence-electron chi connectivity index (χ2n) is 4.36. The van der Waals surface area contributed by atoms with Gasteiger partial charge in [-0.15, -0.1) is 12.6 Å². The van der Waals surface area contributed by atoms with Gasteiger partial charge in [0, 0.05) is 5.57 Å². The van der Waals surface area contributed by atoms with Crippen LogP contribution in [0.1, 0.15) is 13.8 Å². The van der Waals surface area contributed by atoms with Gasteiger partial charge in [-0.3, -0.25) is 9.59 Å². The van der Waals surface area contributed by atoms with Gasteiger partial charge < -0.3 is 0 Å². The van der Waals surface area contributed by atoms with E-state index in [0.29, 0.717) is 0 Å². The number of hydrogen-bond donors (Lipinski definition) is 2. The number of halogens is 1. The number of primary sulfonamides is 1. The average Bonchev–Trinajstić information content (AvgIpc) is 2.19. The molecule has 0 fully saturated rings. The fourth-order valence-corrected chi connectivity index (χ4v) is 1.82. The van der Waals surface area contributed by atoms with Crippen LogP contribution >= 0.6 is 24.2 Å². The number of ketones is 2. The van der Waals surface area contributed by atoms with Crippen molar-refractivity contribution in [1.29, 1.82) is 0 Å². The third-order valence-corrected chi connectivity index (χ3v) is 4.93. The standard InChI is InChI=1S/C10H12ClNO4S2/c1-9(2,18(12,15)16)8(14)6-3-4-10(11,17)7(13)5-6/h3-5,17H,1-2H3,(H2,12,15,16). The summed E-state index contributed by atoms with van der Waals surface area (Å²) in [4.78, 5) is 23.6. The number of hydrogen-bond acceptors (Lipinski definition) is 5. The van der Waals surface area contributed by atoms with Gasteiger partial charge >= 0.3 is 0 Å². The number of rotatable bonds is 3. The molecule has 0 aliphatic heterocycles. The number of alkyl halides is 1. The first-order chi connectivity index (χ1) is 7.89.